The van der Waals surface area contributed by atoms with Crippen LogP contribution in [0.25, 0.3) is 11.1 Å². The maximum atomic E-state index is 13.6. The Kier molecular flexibility index (Phi) is 6.78. The summed E-state index contributed by atoms with van der Waals surface area (Å²) in [5, 5.41) is 10.9. The fourth-order valence-electron chi connectivity index (χ4n) is 5.41. The molecule has 216 valence electrons. The summed E-state index contributed by atoms with van der Waals surface area (Å²) in [6.45, 7) is 0.0177. The molecule has 0 aliphatic carbocycles. The second-order valence-electron chi connectivity index (χ2n) is 10.5. The molecule has 0 unspecified atom stereocenters. The molecule has 0 saturated heterocycles. The highest BCUT2D eigenvalue weighted by Gasteiger charge is 2.38. The summed E-state index contributed by atoms with van der Waals surface area (Å²) in [5.74, 6) is 3.16. The minimum atomic E-state index is -1.30. The molecule has 1 N–H and O–H groups in total. The molecule has 45 heavy (non-hydrogen) atoms. The molecule has 2 heterocycles. The summed E-state index contributed by atoms with van der Waals surface area (Å²) in [7, 11) is 0. The molecule has 5 aromatic rings. The SMILES string of the molecule is O=C(O)c1cc(N2OCc3cc(C#Cc4ccccc4)ccc3C2=O)cc(N2C(=O)c3ccc(-c4ccccc4)cc3C2=O)c1. The number of hydrogen-bond donors (Lipinski definition) is 1. The molecule has 0 bridgehead atoms. The average molecular weight is 591 g/mol. The van der Waals surface area contributed by atoms with Gasteiger partial charge in [0.1, 0.15) is 6.61 Å². The molecular formula is C37H22N2O6. The number of fused-ring (bicyclic) bond motifs is 2. The van der Waals surface area contributed by atoms with Crippen LogP contribution in [0.3, 0.4) is 0 Å². The molecule has 7 rings (SSSR count). The number of anilines is 2. The van der Waals surface area contributed by atoms with E-state index in [1.807, 2.05) is 60.7 Å². The molecule has 3 amide bonds. The largest absolute Gasteiger partial charge is 0.478 e. The molecule has 0 radical (unpaired) electrons. The first-order valence-corrected chi connectivity index (χ1v) is 14.0. The predicted octanol–water partition coefficient (Wildman–Crippen LogP) is 6.34. The first-order valence-electron chi connectivity index (χ1n) is 14.0. The van der Waals surface area contributed by atoms with Crippen molar-refractivity contribution in [3.05, 3.63) is 154 Å². The summed E-state index contributed by atoms with van der Waals surface area (Å²) in [6.07, 6.45) is 0. The number of carbonyl (C=O) groups excluding carboxylic acids is 3. The first kappa shape index (κ1) is 27.5. The highest BCUT2D eigenvalue weighted by Crippen LogP contribution is 2.36. The molecule has 0 spiro atoms. The van der Waals surface area contributed by atoms with Gasteiger partial charge in [0.2, 0.25) is 0 Å². The minimum absolute atomic E-state index is 0.00564. The van der Waals surface area contributed by atoms with E-state index in [0.29, 0.717) is 16.7 Å². The lowest BCUT2D eigenvalue weighted by Crippen LogP contribution is -2.36. The normalized spacial score (nSPS) is 13.6. The number of hydroxylamine groups is 1. The lowest BCUT2D eigenvalue weighted by molar-refractivity contribution is 0.0529. The van der Waals surface area contributed by atoms with Gasteiger partial charge in [-0.05, 0) is 77.4 Å². The molecule has 2 aliphatic rings. The maximum Gasteiger partial charge on any atom is 0.335 e. The number of carboxylic acids is 1. The van der Waals surface area contributed by atoms with Crippen molar-refractivity contribution < 1.29 is 29.1 Å². The Morgan fingerprint density at radius 3 is 2.04 bits per heavy atom. The highest BCUT2D eigenvalue weighted by atomic mass is 16.7. The van der Waals surface area contributed by atoms with E-state index in [1.54, 1.807) is 36.4 Å². The molecular weight excluding hydrogens is 568 g/mol. The number of aromatic carboxylic acids is 1. The van der Waals surface area contributed by atoms with Crippen LogP contribution in [0.1, 0.15) is 58.1 Å². The van der Waals surface area contributed by atoms with E-state index in [1.165, 1.54) is 18.2 Å². The maximum absolute atomic E-state index is 13.6. The third-order valence-electron chi connectivity index (χ3n) is 7.63. The van der Waals surface area contributed by atoms with Gasteiger partial charge in [0, 0.05) is 16.7 Å². The van der Waals surface area contributed by atoms with Gasteiger partial charge in [-0.1, -0.05) is 66.4 Å². The number of imide groups is 1. The Hall–Kier alpha value is -6.30. The summed E-state index contributed by atoms with van der Waals surface area (Å²) < 4.78 is 0. The van der Waals surface area contributed by atoms with Gasteiger partial charge in [-0.2, -0.15) is 5.06 Å². The number of nitrogens with zero attached hydrogens (tertiary/aromatic N) is 2. The Labute approximate surface area is 257 Å². The standard InChI is InChI=1S/C37H22N2O6/c40-34-32-16-14-26(25-9-5-2-6-10-25)20-33(32)35(41)38(34)29-18-27(37(43)44)19-30(21-29)39-36(42)31-15-13-24(17-28(31)22-45-39)12-11-23-7-3-1-4-8-23/h1-10,13-21H,22H2,(H,43,44). The van der Waals surface area contributed by atoms with Gasteiger partial charge < -0.3 is 5.11 Å². The first-order chi connectivity index (χ1) is 21.9. The zero-order valence-electron chi connectivity index (χ0n) is 23.6. The molecule has 8 heteroatoms. The van der Waals surface area contributed by atoms with Crippen molar-refractivity contribution in [1.29, 1.82) is 0 Å². The number of carbonyl (C=O) groups is 4. The number of amides is 3. The monoisotopic (exact) mass is 590 g/mol. The van der Waals surface area contributed by atoms with Crippen molar-refractivity contribution >= 4 is 35.1 Å². The summed E-state index contributed by atoms with van der Waals surface area (Å²) in [4.78, 5) is 59.5. The number of benzene rings is 5. The van der Waals surface area contributed by atoms with E-state index in [2.05, 4.69) is 11.8 Å². The lowest BCUT2D eigenvalue weighted by atomic mass is 10.0. The van der Waals surface area contributed by atoms with Gasteiger partial charge >= 0.3 is 5.97 Å². The Morgan fingerprint density at radius 2 is 1.29 bits per heavy atom. The third-order valence-corrected chi connectivity index (χ3v) is 7.63. The van der Waals surface area contributed by atoms with Crippen molar-refractivity contribution in [3.63, 3.8) is 0 Å². The average Bonchev–Trinajstić information content (AvgIpc) is 3.33. The van der Waals surface area contributed by atoms with Gasteiger partial charge in [0.25, 0.3) is 17.7 Å². The Bertz CT molecular complexity index is 2110. The van der Waals surface area contributed by atoms with E-state index in [0.717, 1.165) is 26.7 Å². The number of rotatable bonds is 4. The topological polar surface area (TPSA) is 104 Å². The van der Waals surface area contributed by atoms with Crippen LogP contribution in [0.4, 0.5) is 11.4 Å². The van der Waals surface area contributed by atoms with Crippen molar-refractivity contribution in [3.8, 4) is 23.0 Å². The van der Waals surface area contributed by atoms with Crippen LogP contribution in [0.15, 0.2) is 115 Å². The Balaban J connectivity index is 1.21. The van der Waals surface area contributed by atoms with Gasteiger partial charge in [-0.15, -0.1) is 0 Å². The van der Waals surface area contributed by atoms with Crippen LogP contribution >= 0.6 is 0 Å². The summed E-state index contributed by atoms with van der Waals surface area (Å²) in [5.41, 5.74) is 4.45. The van der Waals surface area contributed by atoms with Gasteiger partial charge in [0.15, 0.2) is 0 Å². The van der Waals surface area contributed by atoms with Gasteiger partial charge in [-0.25, -0.2) is 9.69 Å². The molecule has 0 atom stereocenters. The van der Waals surface area contributed by atoms with E-state index in [-0.39, 0.29) is 34.7 Å². The van der Waals surface area contributed by atoms with Gasteiger partial charge in [0.05, 0.1) is 28.1 Å². The second-order valence-corrected chi connectivity index (χ2v) is 10.5. The molecule has 2 aliphatic heterocycles. The second kappa shape index (κ2) is 11.1. The van der Waals surface area contributed by atoms with Crippen molar-refractivity contribution in [2.24, 2.45) is 0 Å². The predicted molar refractivity (Wildman–Crippen MR) is 167 cm³/mol. The number of carboxylic acid groups (broad SMARTS) is 1. The van der Waals surface area contributed by atoms with Crippen LogP contribution in [0.2, 0.25) is 0 Å². The van der Waals surface area contributed by atoms with Crippen LogP contribution < -0.4 is 9.96 Å². The molecule has 5 aromatic carbocycles. The summed E-state index contributed by atoms with van der Waals surface area (Å²) in [6, 6.07) is 33.0. The Morgan fingerprint density at radius 1 is 0.622 bits per heavy atom. The van der Waals surface area contributed by atoms with Crippen LogP contribution in [-0.2, 0) is 11.4 Å². The molecule has 0 aromatic heterocycles. The highest BCUT2D eigenvalue weighted by molar-refractivity contribution is 6.35. The van der Waals surface area contributed by atoms with Crippen LogP contribution in [-0.4, -0.2) is 28.8 Å². The molecule has 0 saturated carbocycles. The quantitative estimate of drug-likeness (QED) is 0.193. The summed E-state index contributed by atoms with van der Waals surface area (Å²) >= 11 is 0. The van der Waals surface area contributed by atoms with Crippen molar-refractivity contribution in [2.45, 2.75) is 6.61 Å². The van der Waals surface area contributed by atoms with Crippen LogP contribution in [0.5, 0.6) is 0 Å². The van der Waals surface area contributed by atoms with E-state index >= 15 is 0 Å². The zero-order chi connectivity index (χ0) is 31.1. The third kappa shape index (κ3) is 5.03. The molecule has 8 nitrogen and oxygen atoms in total. The van der Waals surface area contributed by atoms with E-state index in [4.69, 9.17) is 4.84 Å². The number of hydrogen-bond acceptors (Lipinski definition) is 5. The zero-order valence-corrected chi connectivity index (χ0v) is 23.6. The van der Waals surface area contributed by atoms with E-state index < -0.39 is 23.7 Å². The fraction of sp³-hybridized carbons (Fsp3) is 0.0270. The molecule has 0 fully saturated rings. The lowest BCUT2D eigenvalue weighted by Gasteiger charge is -2.29. The van der Waals surface area contributed by atoms with Crippen molar-refractivity contribution in [2.75, 3.05) is 9.96 Å². The van der Waals surface area contributed by atoms with Crippen molar-refractivity contribution in [1.82, 2.24) is 0 Å². The smallest absolute Gasteiger partial charge is 0.335 e. The minimum Gasteiger partial charge on any atom is -0.478 e. The van der Waals surface area contributed by atoms with Crippen LogP contribution in [0, 0.1) is 11.8 Å². The fourth-order valence-corrected chi connectivity index (χ4v) is 5.41. The van der Waals surface area contributed by atoms with Gasteiger partial charge in [-0.3, -0.25) is 19.2 Å². The van der Waals surface area contributed by atoms with E-state index in [9.17, 15) is 24.3 Å².